The minimum Gasteiger partial charge on any atom is -0.497 e. The fraction of sp³-hybridized carbons (Fsp3) is 0.227. The molecule has 7 nitrogen and oxygen atoms in total. The molecule has 0 radical (unpaired) electrons. The van der Waals surface area contributed by atoms with E-state index in [0.717, 1.165) is 5.56 Å². The maximum Gasteiger partial charge on any atom is 0.274 e. The van der Waals surface area contributed by atoms with Crippen molar-refractivity contribution >= 4 is 17.4 Å². The summed E-state index contributed by atoms with van der Waals surface area (Å²) in [6.07, 6.45) is 0. The Balaban J connectivity index is 1.98. The number of anilines is 2. The van der Waals surface area contributed by atoms with Gasteiger partial charge in [-0.05, 0) is 26.0 Å². The lowest BCUT2D eigenvalue weighted by atomic mass is 10.2. The van der Waals surface area contributed by atoms with Crippen molar-refractivity contribution in [2.45, 2.75) is 19.9 Å². The molecule has 0 aliphatic heterocycles. The Morgan fingerprint density at radius 3 is 2.38 bits per heavy atom. The summed E-state index contributed by atoms with van der Waals surface area (Å²) in [5.41, 5.74) is 1.56. The SMILES string of the molecule is COc1ccc(OC)c(NC(=O)c2cc(NC(C)C)nc(-c3ccccc3)n2)c1. The maximum atomic E-state index is 13.0. The number of rotatable bonds is 7. The second-order valence-corrected chi connectivity index (χ2v) is 6.65. The summed E-state index contributed by atoms with van der Waals surface area (Å²) in [5.74, 6) is 1.81. The second kappa shape index (κ2) is 9.05. The van der Waals surface area contributed by atoms with Gasteiger partial charge in [-0.2, -0.15) is 0 Å². The summed E-state index contributed by atoms with van der Waals surface area (Å²) in [5, 5.41) is 6.09. The van der Waals surface area contributed by atoms with Crippen LogP contribution in [0.15, 0.2) is 54.6 Å². The smallest absolute Gasteiger partial charge is 0.274 e. The highest BCUT2D eigenvalue weighted by atomic mass is 16.5. The van der Waals surface area contributed by atoms with Gasteiger partial charge < -0.3 is 20.1 Å². The molecule has 1 amide bonds. The van der Waals surface area contributed by atoms with Gasteiger partial charge in [0.05, 0.1) is 19.9 Å². The number of benzene rings is 2. The molecule has 0 bridgehead atoms. The third-order valence-electron chi connectivity index (χ3n) is 4.08. The van der Waals surface area contributed by atoms with Gasteiger partial charge in [0.25, 0.3) is 5.91 Å². The summed E-state index contributed by atoms with van der Waals surface area (Å²) < 4.78 is 10.6. The molecule has 0 saturated carbocycles. The summed E-state index contributed by atoms with van der Waals surface area (Å²) in [6, 6.07) is 16.5. The highest BCUT2D eigenvalue weighted by Crippen LogP contribution is 2.29. The van der Waals surface area contributed by atoms with E-state index in [9.17, 15) is 4.79 Å². The lowest BCUT2D eigenvalue weighted by molar-refractivity contribution is 0.102. The van der Waals surface area contributed by atoms with Crippen molar-refractivity contribution in [1.29, 1.82) is 0 Å². The summed E-state index contributed by atoms with van der Waals surface area (Å²) in [7, 11) is 3.11. The minimum atomic E-state index is -0.372. The molecular formula is C22H24N4O3. The Hall–Kier alpha value is -3.61. The average molecular weight is 392 g/mol. The largest absolute Gasteiger partial charge is 0.497 e. The molecule has 0 spiro atoms. The zero-order valence-corrected chi connectivity index (χ0v) is 16.9. The molecule has 3 rings (SSSR count). The van der Waals surface area contributed by atoms with E-state index in [1.807, 2.05) is 44.2 Å². The molecule has 29 heavy (non-hydrogen) atoms. The van der Waals surface area contributed by atoms with Gasteiger partial charge in [-0.25, -0.2) is 9.97 Å². The lowest BCUT2D eigenvalue weighted by Gasteiger charge is -2.14. The Morgan fingerprint density at radius 2 is 1.72 bits per heavy atom. The molecule has 1 heterocycles. The van der Waals surface area contributed by atoms with Crippen molar-refractivity contribution < 1.29 is 14.3 Å². The first-order chi connectivity index (χ1) is 14.0. The van der Waals surface area contributed by atoms with Crippen molar-refractivity contribution in [3.8, 4) is 22.9 Å². The molecule has 0 fully saturated rings. The van der Waals surface area contributed by atoms with Crippen molar-refractivity contribution in [3.63, 3.8) is 0 Å². The highest BCUT2D eigenvalue weighted by molar-refractivity contribution is 6.04. The molecule has 2 N–H and O–H groups in total. The van der Waals surface area contributed by atoms with E-state index in [-0.39, 0.29) is 17.6 Å². The summed E-state index contributed by atoms with van der Waals surface area (Å²) in [6.45, 7) is 4.01. The predicted molar refractivity (Wildman–Crippen MR) is 114 cm³/mol. The number of hydrogen-bond donors (Lipinski definition) is 2. The van der Waals surface area contributed by atoms with Crippen molar-refractivity contribution in [2.75, 3.05) is 24.9 Å². The number of ether oxygens (including phenoxy) is 2. The predicted octanol–water partition coefficient (Wildman–Crippen LogP) is 4.23. The van der Waals surface area contributed by atoms with Gasteiger partial charge in [-0.3, -0.25) is 4.79 Å². The first-order valence-electron chi connectivity index (χ1n) is 9.24. The van der Waals surface area contributed by atoms with Crippen LogP contribution in [0.5, 0.6) is 11.5 Å². The zero-order valence-electron chi connectivity index (χ0n) is 16.9. The van der Waals surface area contributed by atoms with Crippen LogP contribution in [0.3, 0.4) is 0 Å². The van der Waals surface area contributed by atoms with Gasteiger partial charge in [0.15, 0.2) is 5.82 Å². The summed E-state index contributed by atoms with van der Waals surface area (Å²) in [4.78, 5) is 22.0. The van der Waals surface area contributed by atoms with Crippen molar-refractivity contribution in [1.82, 2.24) is 9.97 Å². The molecule has 0 aliphatic rings. The van der Waals surface area contributed by atoms with E-state index >= 15 is 0 Å². The zero-order chi connectivity index (χ0) is 20.8. The van der Waals surface area contributed by atoms with Crippen LogP contribution in [-0.4, -0.2) is 36.1 Å². The van der Waals surface area contributed by atoms with E-state index in [0.29, 0.717) is 28.8 Å². The van der Waals surface area contributed by atoms with E-state index in [1.54, 1.807) is 38.5 Å². The number of carbonyl (C=O) groups excluding carboxylic acids is 1. The number of amides is 1. The Bertz CT molecular complexity index is 991. The molecule has 7 heteroatoms. The fourth-order valence-corrected chi connectivity index (χ4v) is 2.75. The van der Waals surface area contributed by atoms with E-state index in [4.69, 9.17) is 9.47 Å². The number of aromatic nitrogens is 2. The van der Waals surface area contributed by atoms with Crippen LogP contribution >= 0.6 is 0 Å². The average Bonchev–Trinajstić information content (AvgIpc) is 2.73. The van der Waals surface area contributed by atoms with E-state index in [1.165, 1.54) is 0 Å². The number of hydrogen-bond acceptors (Lipinski definition) is 6. The lowest BCUT2D eigenvalue weighted by Crippen LogP contribution is -2.18. The Kier molecular flexibility index (Phi) is 6.29. The Labute approximate surface area is 170 Å². The molecule has 2 aromatic carbocycles. The minimum absolute atomic E-state index is 0.155. The molecular weight excluding hydrogens is 368 g/mol. The first kappa shape index (κ1) is 20.1. The van der Waals surface area contributed by atoms with Crippen LogP contribution in [0.1, 0.15) is 24.3 Å². The van der Waals surface area contributed by atoms with Crippen LogP contribution in [0, 0.1) is 0 Å². The molecule has 0 saturated heterocycles. The van der Waals surface area contributed by atoms with Crippen molar-refractivity contribution in [3.05, 3.63) is 60.3 Å². The van der Waals surface area contributed by atoms with Gasteiger partial charge >= 0.3 is 0 Å². The van der Waals surface area contributed by atoms with E-state index in [2.05, 4.69) is 20.6 Å². The van der Waals surface area contributed by atoms with Crippen LogP contribution < -0.4 is 20.1 Å². The van der Waals surface area contributed by atoms with Gasteiger partial charge in [0.2, 0.25) is 0 Å². The second-order valence-electron chi connectivity index (χ2n) is 6.65. The Morgan fingerprint density at radius 1 is 0.966 bits per heavy atom. The molecule has 0 aliphatic carbocycles. The monoisotopic (exact) mass is 392 g/mol. The fourth-order valence-electron chi connectivity index (χ4n) is 2.75. The van der Waals surface area contributed by atoms with Gasteiger partial charge in [-0.15, -0.1) is 0 Å². The highest BCUT2D eigenvalue weighted by Gasteiger charge is 2.16. The number of nitrogens with one attached hydrogen (secondary N) is 2. The molecule has 0 atom stereocenters. The van der Waals surface area contributed by atoms with Gasteiger partial charge in [0.1, 0.15) is 23.0 Å². The van der Waals surface area contributed by atoms with Crippen LogP contribution in [0.2, 0.25) is 0 Å². The standard InChI is InChI=1S/C22H24N4O3/c1-14(2)23-20-13-18(24-21(26-20)15-8-6-5-7-9-15)22(27)25-17-12-16(28-3)10-11-19(17)29-4/h5-14H,1-4H3,(H,25,27)(H,23,24,26). The number of nitrogens with zero attached hydrogens (tertiary/aromatic N) is 2. The molecule has 0 unspecified atom stereocenters. The van der Waals surface area contributed by atoms with Crippen LogP contribution in [0.4, 0.5) is 11.5 Å². The normalized spacial score (nSPS) is 10.5. The maximum absolute atomic E-state index is 13.0. The molecule has 3 aromatic rings. The third kappa shape index (κ3) is 5.01. The van der Waals surface area contributed by atoms with Gasteiger partial charge in [-0.1, -0.05) is 30.3 Å². The number of methoxy groups -OCH3 is 2. The topological polar surface area (TPSA) is 85.4 Å². The van der Waals surface area contributed by atoms with E-state index < -0.39 is 0 Å². The quantitative estimate of drug-likeness (QED) is 0.626. The van der Waals surface area contributed by atoms with Gasteiger partial charge in [0, 0.05) is 23.7 Å². The molecule has 1 aromatic heterocycles. The van der Waals surface area contributed by atoms with Crippen molar-refractivity contribution in [2.24, 2.45) is 0 Å². The summed E-state index contributed by atoms with van der Waals surface area (Å²) >= 11 is 0. The molecule has 150 valence electrons. The third-order valence-corrected chi connectivity index (χ3v) is 4.08. The first-order valence-corrected chi connectivity index (χ1v) is 9.24. The van der Waals surface area contributed by atoms with Crippen LogP contribution in [-0.2, 0) is 0 Å². The van der Waals surface area contributed by atoms with Crippen LogP contribution in [0.25, 0.3) is 11.4 Å². The number of carbonyl (C=O) groups is 1.